The molecule has 0 aromatic rings. The van der Waals surface area contributed by atoms with E-state index in [4.69, 9.17) is 5.11 Å². The topological polar surface area (TPSA) is 64.1 Å². The van der Waals surface area contributed by atoms with Gasteiger partial charge in [-0.2, -0.15) is 0 Å². The zero-order chi connectivity index (χ0) is 15.2. The number of hydrogen-bond donors (Lipinski definition) is 1. The quantitative estimate of drug-likeness (QED) is 0.788. The molecule has 6 nitrogen and oxygen atoms in total. The standard InChI is InChI=1S/C15H27N3O3/c1-13(20)18-5-3-2-4-14(18)12-15(21)17-8-6-16(7-9-17)10-11-19/h14,19H,2-12H2,1H3/t14-/m1/s1. The van der Waals surface area contributed by atoms with Crippen molar-refractivity contribution in [3.63, 3.8) is 0 Å². The summed E-state index contributed by atoms with van der Waals surface area (Å²) in [6.07, 6.45) is 3.55. The fourth-order valence-corrected chi connectivity index (χ4v) is 3.32. The molecule has 0 radical (unpaired) electrons. The molecule has 1 N–H and O–H groups in total. The Balaban J connectivity index is 1.82. The van der Waals surface area contributed by atoms with Gasteiger partial charge in [-0.05, 0) is 19.3 Å². The number of carbonyl (C=O) groups is 2. The van der Waals surface area contributed by atoms with Crippen molar-refractivity contribution in [3.8, 4) is 0 Å². The van der Waals surface area contributed by atoms with Crippen LogP contribution in [0.5, 0.6) is 0 Å². The van der Waals surface area contributed by atoms with Crippen molar-refractivity contribution in [1.29, 1.82) is 0 Å². The summed E-state index contributed by atoms with van der Waals surface area (Å²) in [5, 5.41) is 8.93. The van der Waals surface area contributed by atoms with Gasteiger partial charge in [-0.3, -0.25) is 14.5 Å². The minimum Gasteiger partial charge on any atom is -0.395 e. The van der Waals surface area contributed by atoms with E-state index in [-0.39, 0.29) is 24.5 Å². The largest absolute Gasteiger partial charge is 0.395 e. The van der Waals surface area contributed by atoms with E-state index >= 15 is 0 Å². The van der Waals surface area contributed by atoms with Gasteiger partial charge in [0, 0.05) is 58.7 Å². The van der Waals surface area contributed by atoms with Gasteiger partial charge in [0.05, 0.1) is 6.61 Å². The average Bonchev–Trinajstić information content (AvgIpc) is 2.48. The van der Waals surface area contributed by atoms with Gasteiger partial charge >= 0.3 is 0 Å². The van der Waals surface area contributed by atoms with Gasteiger partial charge in [-0.25, -0.2) is 0 Å². The smallest absolute Gasteiger partial charge is 0.224 e. The highest BCUT2D eigenvalue weighted by Crippen LogP contribution is 2.21. The first-order valence-electron chi connectivity index (χ1n) is 8.00. The normalized spacial score (nSPS) is 24.2. The van der Waals surface area contributed by atoms with Crippen molar-refractivity contribution in [3.05, 3.63) is 0 Å². The van der Waals surface area contributed by atoms with E-state index in [1.807, 2.05) is 9.80 Å². The molecule has 2 fully saturated rings. The number of aliphatic hydroxyl groups excluding tert-OH is 1. The van der Waals surface area contributed by atoms with Crippen molar-refractivity contribution < 1.29 is 14.7 Å². The molecule has 0 spiro atoms. The van der Waals surface area contributed by atoms with Gasteiger partial charge in [-0.15, -0.1) is 0 Å². The number of β-amino-alcohol motifs (C(OH)–C–C–N with tert-alkyl or cyclic N) is 1. The van der Waals surface area contributed by atoms with Crippen LogP contribution in [0.15, 0.2) is 0 Å². The number of piperidine rings is 1. The third-order valence-electron chi connectivity index (χ3n) is 4.58. The second kappa shape index (κ2) is 7.75. The van der Waals surface area contributed by atoms with Crippen LogP contribution >= 0.6 is 0 Å². The molecular weight excluding hydrogens is 270 g/mol. The molecule has 2 heterocycles. The van der Waals surface area contributed by atoms with Crippen LogP contribution in [0.3, 0.4) is 0 Å². The van der Waals surface area contributed by atoms with Crippen LogP contribution in [0.25, 0.3) is 0 Å². The fraction of sp³-hybridized carbons (Fsp3) is 0.867. The molecule has 0 aromatic heterocycles. The summed E-state index contributed by atoms with van der Waals surface area (Å²) < 4.78 is 0. The van der Waals surface area contributed by atoms with E-state index in [1.54, 1.807) is 6.92 Å². The Labute approximate surface area is 126 Å². The molecule has 0 bridgehead atoms. The summed E-state index contributed by atoms with van der Waals surface area (Å²) in [6, 6.07) is 0.0826. The van der Waals surface area contributed by atoms with Crippen LogP contribution < -0.4 is 0 Å². The first kappa shape index (κ1) is 16.2. The maximum Gasteiger partial charge on any atom is 0.224 e. The summed E-state index contributed by atoms with van der Waals surface area (Å²) in [6.45, 7) is 6.35. The third kappa shape index (κ3) is 4.41. The molecule has 21 heavy (non-hydrogen) atoms. The van der Waals surface area contributed by atoms with Gasteiger partial charge in [0.15, 0.2) is 0 Å². The maximum atomic E-state index is 12.4. The minimum atomic E-state index is 0.0826. The lowest BCUT2D eigenvalue weighted by molar-refractivity contribution is -0.138. The van der Waals surface area contributed by atoms with E-state index in [2.05, 4.69) is 4.90 Å². The highest BCUT2D eigenvalue weighted by atomic mass is 16.3. The molecule has 0 aromatic carbocycles. The maximum absolute atomic E-state index is 12.4. The number of likely N-dealkylation sites (tertiary alicyclic amines) is 1. The molecule has 0 aliphatic carbocycles. The van der Waals surface area contributed by atoms with Gasteiger partial charge in [0.25, 0.3) is 0 Å². The Bertz CT molecular complexity index is 367. The second-order valence-electron chi connectivity index (χ2n) is 6.01. The third-order valence-corrected chi connectivity index (χ3v) is 4.58. The molecule has 0 saturated carbocycles. The van der Waals surface area contributed by atoms with Crippen molar-refractivity contribution in [2.24, 2.45) is 0 Å². The number of carbonyl (C=O) groups excluding carboxylic acids is 2. The zero-order valence-electron chi connectivity index (χ0n) is 13.0. The molecule has 2 aliphatic heterocycles. The molecule has 2 rings (SSSR count). The van der Waals surface area contributed by atoms with Gasteiger partial charge < -0.3 is 14.9 Å². The van der Waals surface area contributed by atoms with E-state index in [1.165, 1.54) is 0 Å². The van der Waals surface area contributed by atoms with Gasteiger partial charge in [0.1, 0.15) is 0 Å². The van der Waals surface area contributed by atoms with Crippen molar-refractivity contribution in [2.75, 3.05) is 45.9 Å². The molecule has 0 unspecified atom stereocenters. The molecule has 2 aliphatic rings. The highest BCUT2D eigenvalue weighted by molar-refractivity contribution is 5.79. The number of aliphatic hydroxyl groups is 1. The minimum absolute atomic E-state index is 0.0826. The SMILES string of the molecule is CC(=O)N1CCCC[C@@H]1CC(=O)N1CCN(CCO)CC1. The first-order chi connectivity index (χ1) is 10.1. The fourth-order valence-electron chi connectivity index (χ4n) is 3.32. The highest BCUT2D eigenvalue weighted by Gasteiger charge is 2.29. The second-order valence-corrected chi connectivity index (χ2v) is 6.01. The number of piperazine rings is 1. The van der Waals surface area contributed by atoms with Gasteiger partial charge in [-0.1, -0.05) is 0 Å². The molecule has 2 saturated heterocycles. The summed E-state index contributed by atoms with van der Waals surface area (Å²) in [5.74, 6) is 0.247. The summed E-state index contributed by atoms with van der Waals surface area (Å²) >= 11 is 0. The molecule has 120 valence electrons. The van der Waals surface area contributed by atoms with Crippen LogP contribution in [0.1, 0.15) is 32.6 Å². The van der Waals surface area contributed by atoms with Crippen LogP contribution in [-0.2, 0) is 9.59 Å². The van der Waals surface area contributed by atoms with Crippen LogP contribution in [0.2, 0.25) is 0 Å². The van der Waals surface area contributed by atoms with E-state index in [0.29, 0.717) is 13.0 Å². The van der Waals surface area contributed by atoms with Crippen LogP contribution in [-0.4, -0.2) is 83.5 Å². The lowest BCUT2D eigenvalue weighted by atomic mass is 9.98. The Morgan fingerprint density at radius 3 is 2.43 bits per heavy atom. The zero-order valence-corrected chi connectivity index (χ0v) is 13.0. The number of nitrogens with zero attached hydrogens (tertiary/aromatic N) is 3. The lowest BCUT2D eigenvalue weighted by Crippen LogP contribution is -2.51. The molecule has 1 atom stereocenters. The summed E-state index contributed by atoms with van der Waals surface area (Å²) in [7, 11) is 0. The van der Waals surface area contributed by atoms with E-state index < -0.39 is 0 Å². The van der Waals surface area contributed by atoms with E-state index in [9.17, 15) is 9.59 Å². The number of amides is 2. The Kier molecular flexibility index (Phi) is 5.99. The van der Waals surface area contributed by atoms with Crippen LogP contribution in [0, 0.1) is 0 Å². The van der Waals surface area contributed by atoms with Crippen molar-refractivity contribution in [1.82, 2.24) is 14.7 Å². The van der Waals surface area contributed by atoms with Crippen molar-refractivity contribution in [2.45, 2.75) is 38.6 Å². The Morgan fingerprint density at radius 2 is 1.81 bits per heavy atom. The van der Waals surface area contributed by atoms with Gasteiger partial charge in [0.2, 0.25) is 11.8 Å². The van der Waals surface area contributed by atoms with Crippen LogP contribution in [0.4, 0.5) is 0 Å². The predicted molar refractivity (Wildman–Crippen MR) is 79.7 cm³/mol. The molecular formula is C15H27N3O3. The summed E-state index contributed by atoms with van der Waals surface area (Å²) in [5.41, 5.74) is 0. The predicted octanol–water partition coefficient (Wildman–Crippen LogP) is -0.0860. The Morgan fingerprint density at radius 1 is 1.10 bits per heavy atom. The Hall–Kier alpha value is -1.14. The lowest BCUT2D eigenvalue weighted by Gasteiger charge is -2.38. The monoisotopic (exact) mass is 297 g/mol. The molecule has 6 heteroatoms. The van der Waals surface area contributed by atoms with E-state index in [0.717, 1.165) is 52.0 Å². The summed E-state index contributed by atoms with van der Waals surface area (Å²) in [4.78, 5) is 30.0. The number of hydrogen-bond acceptors (Lipinski definition) is 4. The first-order valence-corrected chi connectivity index (χ1v) is 8.00. The number of rotatable bonds is 4. The average molecular weight is 297 g/mol. The molecule has 2 amide bonds. The van der Waals surface area contributed by atoms with Crippen molar-refractivity contribution >= 4 is 11.8 Å².